The van der Waals surface area contributed by atoms with E-state index in [0.29, 0.717) is 24.3 Å². The third kappa shape index (κ3) is 3.63. The molecule has 144 valence electrons. The van der Waals surface area contributed by atoms with Crippen LogP contribution in [0.4, 0.5) is 17.6 Å². The number of hydrogen-bond donors (Lipinski definition) is 0. The van der Waals surface area contributed by atoms with Crippen molar-refractivity contribution in [2.45, 2.75) is 38.2 Å². The molecule has 0 spiro atoms. The molecule has 1 aliphatic heterocycles. The van der Waals surface area contributed by atoms with Crippen molar-refractivity contribution in [3.8, 4) is 5.75 Å². The van der Waals surface area contributed by atoms with Crippen molar-refractivity contribution in [1.82, 2.24) is 14.7 Å². The number of amides is 1. The molecule has 1 amide bonds. The van der Waals surface area contributed by atoms with E-state index in [1.165, 1.54) is 28.9 Å². The van der Waals surface area contributed by atoms with Gasteiger partial charge in [0.1, 0.15) is 35.6 Å². The summed E-state index contributed by atoms with van der Waals surface area (Å²) in [5.74, 6) is -1.32. The van der Waals surface area contributed by atoms with Crippen molar-refractivity contribution in [1.29, 1.82) is 0 Å². The topological polar surface area (TPSA) is 47.4 Å². The molecule has 0 unspecified atom stereocenters. The Hall–Kier alpha value is -2.58. The lowest BCUT2D eigenvalue weighted by atomic mass is 10.1. The minimum Gasteiger partial charge on any atom is -0.487 e. The lowest BCUT2D eigenvalue weighted by molar-refractivity contribution is -0.183. The minimum absolute atomic E-state index is 0.0118. The zero-order valence-electron chi connectivity index (χ0n) is 14.2. The number of carbonyl (C=O) groups excluding carboxylic acids is 1. The van der Waals surface area contributed by atoms with E-state index in [-0.39, 0.29) is 25.4 Å². The summed E-state index contributed by atoms with van der Waals surface area (Å²) in [5.41, 5.74) is 0.522. The van der Waals surface area contributed by atoms with Crippen molar-refractivity contribution < 1.29 is 27.1 Å². The second kappa shape index (κ2) is 6.54. The van der Waals surface area contributed by atoms with Crippen LogP contribution in [0.5, 0.6) is 5.75 Å². The van der Waals surface area contributed by atoms with Crippen LogP contribution in [0.25, 0.3) is 0 Å². The maximum Gasteiger partial charge on any atom is 0.409 e. The molecule has 0 saturated heterocycles. The molecule has 0 N–H and O–H groups in total. The summed E-state index contributed by atoms with van der Waals surface area (Å²) in [6, 6.07) is 5.28. The Bertz CT molecular complexity index is 861. The molecule has 1 aliphatic carbocycles. The molecule has 1 fully saturated rings. The summed E-state index contributed by atoms with van der Waals surface area (Å²) < 4.78 is 60.3. The number of aromatic nitrogens is 2. The Kier molecular flexibility index (Phi) is 4.32. The molecule has 0 radical (unpaired) electrons. The standard InChI is InChI=1S/C18H17F4N3O2/c19-12-2-1-3-14(8-12)27-10-13-9-15-17(26)24(6-7-25(15)23-13)16(11-4-5-11)18(20,21)22/h1-3,8-9,11,16H,4-7,10H2/t16-/m0/s1. The van der Waals surface area contributed by atoms with Gasteiger partial charge in [-0.05, 0) is 37.0 Å². The van der Waals surface area contributed by atoms with E-state index in [0.717, 1.165) is 4.90 Å². The smallest absolute Gasteiger partial charge is 0.409 e. The van der Waals surface area contributed by atoms with Gasteiger partial charge >= 0.3 is 6.18 Å². The van der Waals surface area contributed by atoms with Crippen LogP contribution < -0.4 is 4.74 Å². The molecule has 2 aromatic rings. The molecule has 1 atom stereocenters. The maximum atomic E-state index is 13.4. The predicted molar refractivity (Wildman–Crippen MR) is 86.6 cm³/mol. The number of carbonyl (C=O) groups is 1. The van der Waals surface area contributed by atoms with Crippen LogP contribution in [0.1, 0.15) is 29.0 Å². The first-order chi connectivity index (χ1) is 12.8. The first-order valence-electron chi connectivity index (χ1n) is 8.66. The summed E-state index contributed by atoms with van der Waals surface area (Å²) in [7, 11) is 0. The molecule has 5 nitrogen and oxygen atoms in total. The van der Waals surface area contributed by atoms with Crippen LogP contribution in [-0.2, 0) is 13.2 Å². The normalized spacial score (nSPS) is 18.4. The largest absolute Gasteiger partial charge is 0.487 e. The van der Waals surface area contributed by atoms with E-state index in [1.54, 1.807) is 6.07 Å². The summed E-state index contributed by atoms with van der Waals surface area (Å²) in [6.07, 6.45) is -3.47. The first-order valence-corrected chi connectivity index (χ1v) is 8.66. The third-order valence-corrected chi connectivity index (χ3v) is 4.79. The van der Waals surface area contributed by atoms with Crippen LogP contribution in [0.15, 0.2) is 30.3 Å². The van der Waals surface area contributed by atoms with Crippen LogP contribution in [0.3, 0.4) is 0 Å². The maximum absolute atomic E-state index is 13.4. The highest BCUT2D eigenvalue weighted by atomic mass is 19.4. The number of nitrogens with zero attached hydrogens (tertiary/aromatic N) is 3. The lowest BCUT2D eigenvalue weighted by Gasteiger charge is -2.35. The first kappa shape index (κ1) is 17.8. The van der Waals surface area contributed by atoms with E-state index in [4.69, 9.17) is 4.74 Å². The highest BCUT2D eigenvalue weighted by Gasteiger charge is 2.54. The van der Waals surface area contributed by atoms with E-state index < -0.39 is 29.9 Å². The highest BCUT2D eigenvalue weighted by Crippen LogP contribution is 2.44. The summed E-state index contributed by atoms with van der Waals surface area (Å²) in [5, 5.41) is 4.22. The Morgan fingerprint density at radius 2 is 2.00 bits per heavy atom. The van der Waals surface area contributed by atoms with Gasteiger partial charge in [-0.2, -0.15) is 18.3 Å². The van der Waals surface area contributed by atoms with Crippen molar-refractivity contribution in [2.24, 2.45) is 5.92 Å². The Morgan fingerprint density at radius 3 is 2.67 bits per heavy atom. The fourth-order valence-corrected chi connectivity index (χ4v) is 3.42. The van der Waals surface area contributed by atoms with Crippen LogP contribution in [-0.4, -0.2) is 39.4 Å². The molecule has 2 heterocycles. The van der Waals surface area contributed by atoms with Gasteiger partial charge in [-0.3, -0.25) is 9.48 Å². The van der Waals surface area contributed by atoms with Gasteiger partial charge in [-0.1, -0.05) is 6.07 Å². The number of halogens is 4. The number of benzene rings is 1. The van der Waals surface area contributed by atoms with Gasteiger partial charge in [0.2, 0.25) is 0 Å². The van der Waals surface area contributed by atoms with Crippen molar-refractivity contribution in [2.75, 3.05) is 6.54 Å². The Balaban J connectivity index is 1.50. The third-order valence-electron chi connectivity index (χ3n) is 4.79. The fraction of sp³-hybridized carbons (Fsp3) is 0.444. The molecule has 2 aliphatic rings. The van der Waals surface area contributed by atoms with Gasteiger partial charge in [0.15, 0.2) is 0 Å². The fourth-order valence-electron chi connectivity index (χ4n) is 3.42. The molecule has 27 heavy (non-hydrogen) atoms. The number of hydrogen-bond acceptors (Lipinski definition) is 3. The van der Waals surface area contributed by atoms with Gasteiger partial charge in [-0.15, -0.1) is 0 Å². The predicted octanol–water partition coefficient (Wildman–Crippen LogP) is 3.40. The monoisotopic (exact) mass is 383 g/mol. The van der Waals surface area contributed by atoms with E-state index in [2.05, 4.69) is 5.10 Å². The number of alkyl halides is 3. The SMILES string of the molecule is O=C1c2cc(COc3cccc(F)c3)nn2CCN1[C@@H](C1CC1)C(F)(F)F. The van der Waals surface area contributed by atoms with Gasteiger partial charge in [0, 0.05) is 12.6 Å². The zero-order valence-corrected chi connectivity index (χ0v) is 14.2. The average molecular weight is 383 g/mol. The molecule has 9 heteroatoms. The van der Waals surface area contributed by atoms with E-state index in [1.807, 2.05) is 0 Å². The van der Waals surface area contributed by atoms with Crippen molar-refractivity contribution in [3.05, 3.63) is 47.5 Å². The number of rotatable bonds is 5. The zero-order chi connectivity index (χ0) is 19.2. The number of ether oxygens (including phenoxy) is 1. The van der Waals surface area contributed by atoms with Gasteiger partial charge in [0.05, 0.1) is 6.54 Å². The molecule has 1 aromatic heterocycles. The van der Waals surface area contributed by atoms with Crippen molar-refractivity contribution in [3.63, 3.8) is 0 Å². The highest BCUT2D eigenvalue weighted by molar-refractivity contribution is 5.93. The van der Waals surface area contributed by atoms with Crippen LogP contribution in [0.2, 0.25) is 0 Å². The van der Waals surface area contributed by atoms with Crippen LogP contribution in [0, 0.1) is 11.7 Å². The van der Waals surface area contributed by atoms with Gasteiger partial charge < -0.3 is 9.64 Å². The quantitative estimate of drug-likeness (QED) is 0.744. The molecule has 1 saturated carbocycles. The van der Waals surface area contributed by atoms with Gasteiger partial charge in [-0.25, -0.2) is 4.39 Å². The molecule has 0 bridgehead atoms. The second-order valence-corrected chi connectivity index (χ2v) is 6.81. The summed E-state index contributed by atoms with van der Waals surface area (Å²) >= 11 is 0. The van der Waals surface area contributed by atoms with Gasteiger partial charge in [0.25, 0.3) is 5.91 Å². The Morgan fingerprint density at radius 1 is 1.22 bits per heavy atom. The van der Waals surface area contributed by atoms with E-state index in [9.17, 15) is 22.4 Å². The van der Waals surface area contributed by atoms with Crippen molar-refractivity contribution >= 4 is 5.91 Å². The number of fused-ring (bicyclic) bond motifs is 1. The summed E-state index contributed by atoms with van der Waals surface area (Å²) in [4.78, 5) is 13.6. The summed E-state index contributed by atoms with van der Waals surface area (Å²) in [6.45, 7) is 0.154. The molecular weight excluding hydrogens is 366 g/mol. The van der Waals surface area contributed by atoms with E-state index >= 15 is 0 Å². The molecule has 1 aromatic carbocycles. The molecule has 4 rings (SSSR count). The molecular formula is C18H17F4N3O2. The lowest BCUT2D eigenvalue weighted by Crippen LogP contribution is -2.53. The Labute approximate surface area is 152 Å². The second-order valence-electron chi connectivity index (χ2n) is 6.81. The average Bonchev–Trinajstić information content (AvgIpc) is 3.32. The van der Waals surface area contributed by atoms with Crippen LogP contribution >= 0.6 is 0 Å². The minimum atomic E-state index is -4.44.